The van der Waals surface area contributed by atoms with Crippen LogP contribution < -0.4 is 5.32 Å². The van der Waals surface area contributed by atoms with Gasteiger partial charge in [-0.3, -0.25) is 9.59 Å². The van der Waals surface area contributed by atoms with Gasteiger partial charge >= 0.3 is 5.97 Å². The zero-order valence-corrected chi connectivity index (χ0v) is 12.7. The van der Waals surface area contributed by atoms with E-state index in [0.717, 1.165) is 0 Å². The van der Waals surface area contributed by atoms with E-state index in [-0.39, 0.29) is 18.4 Å². The van der Waals surface area contributed by atoms with Crippen LogP contribution in [0.1, 0.15) is 13.8 Å². The second kappa shape index (κ2) is 7.07. The molecular formula is C14H20N2O7. The molecule has 4 N–H and O–H groups in total. The summed E-state index contributed by atoms with van der Waals surface area (Å²) < 4.78 is 10.5. The number of esters is 1. The van der Waals surface area contributed by atoms with Crippen LogP contribution in [-0.2, 0) is 19.1 Å². The first kappa shape index (κ1) is 17.4. The molecule has 2 rings (SSSR count). The molecule has 0 aliphatic carbocycles. The van der Waals surface area contributed by atoms with Crippen LogP contribution in [0.25, 0.3) is 0 Å². The van der Waals surface area contributed by atoms with Gasteiger partial charge in [0, 0.05) is 0 Å². The average molecular weight is 328 g/mol. The Morgan fingerprint density at radius 2 is 2.13 bits per heavy atom. The Balaban J connectivity index is 2.02. The van der Waals surface area contributed by atoms with E-state index in [1.165, 1.54) is 12.2 Å². The Hall–Kier alpha value is -1.97. The molecule has 1 fully saturated rings. The second-order valence-corrected chi connectivity index (χ2v) is 5.76. The normalized spacial score (nSPS) is 35.6. The Morgan fingerprint density at radius 3 is 2.70 bits per heavy atom. The lowest BCUT2D eigenvalue weighted by atomic mass is 9.93. The number of aliphatic hydroxyl groups is 2. The van der Waals surface area contributed by atoms with Gasteiger partial charge in [-0.1, -0.05) is 25.1 Å². The Bertz CT molecular complexity index is 531. The number of amidine groups is 1. The van der Waals surface area contributed by atoms with Crippen LogP contribution >= 0.6 is 0 Å². The summed E-state index contributed by atoms with van der Waals surface area (Å²) in [6.07, 6.45) is -1.74. The average Bonchev–Trinajstić information content (AvgIpc) is 2.80. The van der Waals surface area contributed by atoms with Crippen LogP contribution in [-0.4, -0.2) is 64.2 Å². The van der Waals surface area contributed by atoms with Gasteiger partial charge in [-0.25, -0.2) is 0 Å². The van der Waals surface area contributed by atoms with Crippen molar-refractivity contribution in [2.24, 2.45) is 17.0 Å². The highest BCUT2D eigenvalue weighted by atomic mass is 16.6. The van der Waals surface area contributed by atoms with Crippen LogP contribution in [0, 0.1) is 11.8 Å². The van der Waals surface area contributed by atoms with Crippen molar-refractivity contribution in [3.8, 4) is 0 Å². The van der Waals surface area contributed by atoms with E-state index in [1.807, 2.05) is 0 Å². The number of hydrogen-bond donors (Lipinski definition) is 4. The molecule has 0 aromatic heterocycles. The molecule has 1 unspecified atom stereocenters. The SMILES string of the molecule is CC(C)C(=O)OC[C@H]1O[C@@H](C2C=CC(=NO)NC2=O)[C@H](O)[C@@H]1O. The maximum Gasteiger partial charge on any atom is 0.308 e. The summed E-state index contributed by atoms with van der Waals surface area (Å²) in [7, 11) is 0. The van der Waals surface area contributed by atoms with Gasteiger partial charge in [0.05, 0.1) is 11.8 Å². The largest absolute Gasteiger partial charge is 0.463 e. The lowest BCUT2D eigenvalue weighted by Crippen LogP contribution is -2.46. The number of ether oxygens (including phenoxy) is 2. The summed E-state index contributed by atoms with van der Waals surface area (Å²) in [6.45, 7) is 3.12. The molecule has 0 spiro atoms. The van der Waals surface area contributed by atoms with E-state index in [4.69, 9.17) is 14.7 Å². The fourth-order valence-corrected chi connectivity index (χ4v) is 2.39. The molecule has 128 valence electrons. The Labute approximate surface area is 132 Å². The number of nitrogens with zero attached hydrogens (tertiary/aromatic N) is 1. The van der Waals surface area contributed by atoms with Crippen LogP contribution in [0.4, 0.5) is 0 Å². The summed E-state index contributed by atoms with van der Waals surface area (Å²) >= 11 is 0. The molecule has 2 heterocycles. The van der Waals surface area contributed by atoms with E-state index < -0.39 is 42.2 Å². The first-order valence-electron chi connectivity index (χ1n) is 7.24. The molecule has 1 saturated heterocycles. The van der Waals surface area contributed by atoms with Crippen molar-refractivity contribution in [1.82, 2.24) is 5.32 Å². The number of oxime groups is 1. The molecule has 23 heavy (non-hydrogen) atoms. The Kier molecular flexibility index (Phi) is 5.34. The predicted octanol–water partition coefficient (Wildman–Crippen LogP) is -1.24. The lowest BCUT2D eigenvalue weighted by molar-refractivity contribution is -0.153. The summed E-state index contributed by atoms with van der Waals surface area (Å²) in [4.78, 5) is 23.4. The molecule has 0 aromatic rings. The summed E-state index contributed by atoms with van der Waals surface area (Å²) in [5, 5.41) is 33.9. The quantitative estimate of drug-likeness (QED) is 0.288. The van der Waals surface area contributed by atoms with Gasteiger partial charge < -0.3 is 30.2 Å². The van der Waals surface area contributed by atoms with Crippen molar-refractivity contribution in [3.05, 3.63) is 12.2 Å². The number of hydrogen-bond acceptors (Lipinski definition) is 8. The summed E-state index contributed by atoms with van der Waals surface area (Å²) in [5.74, 6) is -2.19. The monoisotopic (exact) mass is 328 g/mol. The van der Waals surface area contributed by atoms with Crippen molar-refractivity contribution < 1.29 is 34.5 Å². The van der Waals surface area contributed by atoms with E-state index in [9.17, 15) is 19.8 Å². The van der Waals surface area contributed by atoms with Crippen LogP contribution in [0.2, 0.25) is 0 Å². The number of rotatable bonds is 4. The third-order valence-electron chi connectivity index (χ3n) is 3.74. The highest BCUT2D eigenvalue weighted by molar-refractivity contribution is 6.08. The molecule has 2 aliphatic heterocycles. The molecule has 9 heteroatoms. The third-order valence-corrected chi connectivity index (χ3v) is 3.74. The molecule has 2 aliphatic rings. The zero-order valence-electron chi connectivity index (χ0n) is 12.7. The second-order valence-electron chi connectivity index (χ2n) is 5.76. The standard InChI is InChI=1S/C14H20N2O7/c1-6(2)14(20)22-5-8-10(17)11(18)12(23-8)7-3-4-9(16-21)15-13(7)19/h3-4,6-8,10-12,17-18,21H,5H2,1-2H3,(H,15,16,19)/t7?,8-,10-,11-,12+/m1/s1. The van der Waals surface area contributed by atoms with E-state index >= 15 is 0 Å². The number of carbonyl (C=O) groups excluding carboxylic acids is 2. The predicted molar refractivity (Wildman–Crippen MR) is 76.5 cm³/mol. The molecule has 9 nitrogen and oxygen atoms in total. The molecular weight excluding hydrogens is 308 g/mol. The maximum atomic E-state index is 12.0. The highest BCUT2D eigenvalue weighted by Crippen LogP contribution is 2.29. The number of carbonyl (C=O) groups is 2. The van der Waals surface area contributed by atoms with Crippen molar-refractivity contribution in [2.75, 3.05) is 6.61 Å². The minimum atomic E-state index is -1.31. The minimum Gasteiger partial charge on any atom is -0.463 e. The van der Waals surface area contributed by atoms with E-state index in [1.54, 1.807) is 13.8 Å². The van der Waals surface area contributed by atoms with Gasteiger partial charge in [0.15, 0.2) is 5.84 Å². The first-order valence-corrected chi connectivity index (χ1v) is 7.24. The lowest BCUT2D eigenvalue weighted by Gasteiger charge is -2.24. The van der Waals surface area contributed by atoms with Gasteiger partial charge in [-0.2, -0.15) is 0 Å². The first-order chi connectivity index (χ1) is 10.8. The minimum absolute atomic E-state index is 0.0262. The van der Waals surface area contributed by atoms with Crippen LogP contribution in [0.5, 0.6) is 0 Å². The van der Waals surface area contributed by atoms with Crippen molar-refractivity contribution in [3.63, 3.8) is 0 Å². The van der Waals surface area contributed by atoms with Gasteiger partial charge in [0.2, 0.25) is 5.91 Å². The van der Waals surface area contributed by atoms with Gasteiger partial charge in [0.1, 0.15) is 31.0 Å². The van der Waals surface area contributed by atoms with Crippen LogP contribution in [0.3, 0.4) is 0 Å². The van der Waals surface area contributed by atoms with E-state index in [2.05, 4.69) is 10.5 Å². The summed E-state index contributed by atoms with van der Waals surface area (Å²) in [5.41, 5.74) is 0. The zero-order chi connectivity index (χ0) is 17.1. The number of amides is 1. The molecule has 0 saturated carbocycles. The smallest absolute Gasteiger partial charge is 0.308 e. The van der Waals surface area contributed by atoms with Crippen molar-refractivity contribution in [1.29, 1.82) is 0 Å². The molecule has 5 atom stereocenters. The molecule has 0 aromatic carbocycles. The third kappa shape index (κ3) is 3.69. The fourth-order valence-electron chi connectivity index (χ4n) is 2.39. The van der Waals surface area contributed by atoms with Gasteiger partial charge in [-0.15, -0.1) is 0 Å². The number of aliphatic hydroxyl groups excluding tert-OH is 2. The maximum absolute atomic E-state index is 12.0. The van der Waals surface area contributed by atoms with Gasteiger partial charge in [0.25, 0.3) is 0 Å². The highest BCUT2D eigenvalue weighted by Gasteiger charge is 2.48. The fraction of sp³-hybridized carbons (Fsp3) is 0.643. The van der Waals surface area contributed by atoms with E-state index in [0.29, 0.717) is 0 Å². The van der Waals surface area contributed by atoms with Crippen molar-refractivity contribution in [2.45, 2.75) is 38.3 Å². The van der Waals surface area contributed by atoms with Crippen LogP contribution in [0.15, 0.2) is 17.3 Å². The number of nitrogens with one attached hydrogen (secondary N) is 1. The summed E-state index contributed by atoms with van der Waals surface area (Å²) in [6, 6.07) is 0. The van der Waals surface area contributed by atoms with Gasteiger partial charge in [-0.05, 0) is 6.08 Å². The molecule has 0 bridgehead atoms. The topological polar surface area (TPSA) is 138 Å². The Morgan fingerprint density at radius 1 is 1.43 bits per heavy atom. The molecule has 0 radical (unpaired) electrons. The van der Waals surface area contributed by atoms with Crippen molar-refractivity contribution >= 4 is 17.7 Å². The molecule has 1 amide bonds.